The SMILES string of the molecule is Cl.NC(CNC(=O)C1(Cc2ccccc2)CCC1)C1CC1. The molecule has 1 aromatic rings. The van der Waals surface area contributed by atoms with E-state index in [9.17, 15) is 4.79 Å². The maximum Gasteiger partial charge on any atom is 0.226 e. The van der Waals surface area contributed by atoms with E-state index < -0.39 is 0 Å². The first-order valence-electron chi connectivity index (χ1n) is 7.77. The van der Waals surface area contributed by atoms with E-state index >= 15 is 0 Å². The lowest BCUT2D eigenvalue weighted by Crippen LogP contribution is -2.50. The van der Waals surface area contributed by atoms with E-state index in [-0.39, 0.29) is 29.8 Å². The molecular formula is C17H25ClN2O. The quantitative estimate of drug-likeness (QED) is 0.849. The van der Waals surface area contributed by atoms with Crippen LogP contribution >= 0.6 is 12.4 Å². The smallest absolute Gasteiger partial charge is 0.226 e. The van der Waals surface area contributed by atoms with Gasteiger partial charge in [0.2, 0.25) is 5.91 Å². The molecule has 3 N–H and O–H groups in total. The predicted molar refractivity (Wildman–Crippen MR) is 87.4 cm³/mol. The Balaban J connectivity index is 0.00000161. The van der Waals surface area contributed by atoms with Crippen molar-refractivity contribution in [3.8, 4) is 0 Å². The van der Waals surface area contributed by atoms with Crippen molar-refractivity contribution in [1.29, 1.82) is 0 Å². The lowest BCUT2D eigenvalue weighted by atomic mass is 9.64. The highest BCUT2D eigenvalue weighted by Crippen LogP contribution is 2.44. The Morgan fingerprint density at radius 1 is 1.29 bits per heavy atom. The molecule has 116 valence electrons. The van der Waals surface area contributed by atoms with Gasteiger partial charge in [0.25, 0.3) is 0 Å². The average Bonchev–Trinajstić information content (AvgIpc) is 3.25. The molecule has 3 nitrogen and oxygen atoms in total. The maximum atomic E-state index is 12.5. The number of benzene rings is 1. The number of carbonyl (C=O) groups is 1. The number of halogens is 1. The molecule has 0 saturated heterocycles. The van der Waals surface area contributed by atoms with Crippen molar-refractivity contribution >= 4 is 18.3 Å². The normalized spacial score (nSPS) is 20.8. The Hall–Kier alpha value is -1.06. The van der Waals surface area contributed by atoms with E-state index in [1.165, 1.54) is 18.4 Å². The summed E-state index contributed by atoms with van der Waals surface area (Å²) in [4.78, 5) is 12.5. The van der Waals surface area contributed by atoms with Crippen LogP contribution in [-0.2, 0) is 11.2 Å². The standard InChI is InChI=1S/C17H24N2O.ClH/c18-15(14-7-8-14)12-19-16(20)17(9-4-10-17)11-13-5-2-1-3-6-13;/h1-3,5-6,14-15H,4,7-12,18H2,(H,19,20);1H. The molecule has 1 unspecified atom stereocenters. The first kappa shape index (κ1) is 16.3. The Morgan fingerprint density at radius 3 is 2.48 bits per heavy atom. The topological polar surface area (TPSA) is 55.1 Å². The fourth-order valence-corrected chi connectivity index (χ4v) is 3.16. The van der Waals surface area contributed by atoms with Crippen LogP contribution in [0, 0.1) is 11.3 Å². The molecule has 1 amide bonds. The fourth-order valence-electron chi connectivity index (χ4n) is 3.16. The van der Waals surface area contributed by atoms with E-state index in [4.69, 9.17) is 5.73 Å². The highest BCUT2D eigenvalue weighted by Gasteiger charge is 2.44. The first-order valence-corrected chi connectivity index (χ1v) is 7.77. The van der Waals surface area contributed by atoms with E-state index in [1.54, 1.807) is 0 Å². The molecule has 1 atom stereocenters. The lowest BCUT2D eigenvalue weighted by Gasteiger charge is -2.40. The van der Waals surface area contributed by atoms with Crippen LogP contribution in [0.2, 0.25) is 0 Å². The van der Waals surface area contributed by atoms with Crippen molar-refractivity contribution in [3.63, 3.8) is 0 Å². The summed E-state index contributed by atoms with van der Waals surface area (Å²) in [5.74, 6) is 0.852. The van der Waals surface area contributed by atoms with Crippen molar-refractivity contribution in [2.24, 2.45) is 17.1 Å². The third kappa shape index (κ3) is 3.78. The fraction of sp³-hybridized carbons (Fsp3) is 0.588. The third-order valence-electron chi connectivity index (χ3n) is 4.90. The summed E-state index contributed by atoms with van der Waals surface area (Å²) >= 11 is 0. The van der Waals surface area contributed by atoms with Gasteiger partial charge in [0.05, 0.1) is 5.41 Å². The molecule has 4 heteroatoms. The van der Waals surface area contributed by atoms with Gasteiger partial charge in [-0.05, 0) is 43.6 Å². The Bertz CT molecular complexity index is 469. The van der Waals surface area contributed by atoms with Crippen molar-refractivity contribution < 1.29 is 4.79 Å². The molecule has 2 aliphatic rings. The molecule has 21 heavy (non-hydrogen) atoms. The summed E-state index contributed by atoms with van der Waals surface area (Å²) in [6, 6.07) is 10.5. The summed E-state index contributed by atoms with van der Waals surface area (Å²) in [6.45, 7) is 0.639. The van der Waals surface area contributed by atoms with Gasteiger partial charge in [-0.3, -0.25) is 4.79 Å². The molecule has 3 rings (SSSR count). The molecule has 2 aliphatic carbocycles. The highest BCUT2D eigenvalue weighted by atomic mass is 35.5. The zero-order valence-electron chi connectivity index (χ0n) is 12.4. The predicted octanol–water partition coefficient (Wildman–Crippen LogP) is 2.67. The van der Waals surface area contributed by atoms with E-state index in [0.29, 0.717) is 12.5 Å². The zero-order chi connectivity index (χ0) is 14.0. The zero-order valence-corrected chi connectivity index (χ0v) is 13.2. The van der Waals surface area contributed by atoms with E-state index in [0.717, 1.165) is 25.7 Å². The number of amides is 1. The Kier molecular flexibility index (Phi) is 5.28. The third-order valence-corrected chi connectivity index (χ3v) is 4.90. The molecule has 0 heterocycles. The Labute approximate surface area is 133 Å². The largest absolute Gasteiger partial charge is 0.354 e. The maximum absolute atomic E-state index is 12.5. The number of hydrogen-bond acceptors (Lipinski definition) is 2. The van der Waals surface area contributed by atoms with Gasteiger partial charge in [0, 0.05) is 12.6 Å². The minimum atomic E-state index is -0.176. The van der Waals surface area contributed by atoms with Crippen LogP contribution in [-0.4, -0.2) is 18.5 Å². The summed E-state index contributed by atoms with van der Waals surface area (Å²) < 4.78 is 0. The van der Waals surface area contributed by atoms with Crippen LogP contribution in [0.25, 0.3) is 0 Å². The number of rotatable bonds is 6. The van der Waals surface area contributed by atoms with E-state index in [2.05, 4.69) is 17.4 Å². The summed E-state index contributed by atoms with van der Waals surface area (Å²) in [7, 11) is 0. The van der Waals surface area contributed by atoms with Crippen LogP contribution in [0.3, 0.4) is 0 Å². The Morgan fingerprint density at radius 2 is 1.95 bits per heavy atom. The van der Waals surface area contributed by atoms with Crippen LogP contribution < -0.4 is 11.1 Å². The van der Waals surface area contributed by atoms with E-state index in [1.807, 2.05) is 18.2 Å². The van der Waals surface area contributed by atoms with Gasteiger partial charge in [-0.15, -0.1) is 12.4 Å². The highest BCUT2D eigenvalue weighted by molar-refractivity contribution is 5.85. The lowest BCUT2D eigenvalue weighted by molar-refractivity contribution is -0.136. The molecule has 0 aromatic heterocycles. The van der Waals surface area contributed by atoms with Gasteiger partial charge in [-0.25, -0.2) is 0 Å². The number of nitrogens with two attached hydrogens (primary N) is 1. The van der Waals surface area contributed by atoms with Gasteiger partial charge in [-0.1, -0.05) is 36.8 Å². The number of hydrogen-bond donors (Lipinski definition) is 2. The molecular weight excluding hydrogens is 284 g/mol. The second-order valence-electron chi connectivity index (χ2n) is 6.51. The molecule has 1 aromatic carbocycles. The minimum absolute atomic E-state index is 0. The molecule has 2 fully saturated rings. The number of nitrogens with one attached hydrogen (secondary N) is 1. The van der Waals surface area contributed by atoms with Gasteiger partial charge in [0.1, 0.15) is 0 Å². The minimum Gasteiger partial charge on any atom is -0.354 e. The molecule has 0 spiro atoms. The second kappa shape index (κ2) is 6.80. The average molecular weight is 309 g/mol. The van der Waals surface area contributed by atoms with Gasteiger partial charge < -0.3 is 11.1 Å². The van der Waals surface area contributed by atoms with Gasteiger partial charge in [0.15, 0.2) is 0 Å². The second-order valence-corrected chi connectivity index (χ2v) is 6.51. The van der Waals surface area contributed by atoms with Crippen molar-refractivity contribution in [2.75, 3.05) is 6.54 Å². The molecule has 0 aliphatic heterocycles. The summed E-state index contributed by atoms with van der Waals surface area (Å²) in [5.41, 5.74) is 7.15. The number of carbonyl (C=O) groups excluding carboxylic acids is 1. The van der Waals surface area contributed by atoms with Crippen LogP contribution in [0.15, 0.2) is 30.3 Å². The molecule has 0 radical (unpaired) electrons. The van der Waals surface area contributed by atoms with Gasteiger partial charge >= 0.3 is 0 Å². The van der Waals surface area contributed by atoms with Gasteiger partial charge in [-0.2, -0.15) is 0 Å². The summed E-state index contributed by atoms with van der Waals surface area (Å²) in [5, 5.41) is 3.10. The van der Waals surface area contributed by atoms with Crippen LogP contribution in [0.4, 0.5) is 0 Å². The first-order chi connectivity index (χ1) is 9.70. The monoisotopic (exact) mass is 308 g/mol. The van der Waals surface area contributed by atoms with Crippen molar-refractivity contribution in [3.05, 3.63) is 35.9 Å². The van der Waals surface area contributed by atoms with Crippen LogP contribution in [0.5, 0.6) is 0 Å². The van der Waals surface area contributed by atoms with Crippen molar-refractivity contribution in [1.82, 2.24) is 5.32 Å². The molecule has 2 saturated carbocycles. The van der Waals surface area contributed by atoms with Crippen LogP contribution in [0.1, 0.15) is 37.7 Å². The molecule has 0 bridgehead atoms. The summed E-state index contributed by atoms with van der Waals surface area (Å²) in [6.07, 6.45) is 6.49. The van der Waals surface area contributed by atoms with Crippen molar-refractivity contribution in [2.45, 2.75) is 44.6 Å².